The molecule has 3 N–H and O–H groups in total. The van der Waals surface area contributed by atoms with Crippen LogP contribution in [0.4, 0.5) is 0 Å². The van der Waals surface area contributed by atoms with E-state index in [1.165, 1.54) is 250 Å². The zero-order valence-corrected chi connectivity index (χ0v) is 45.6. The number of ether oxygens (including phenoxy) is 1. The van der Waals surface area contributed by atoms with Crippen LogP contribution in [0.15, 0.2) is 36.5 Å². The van der Waals surface area contributed by atoms with Gasteiger partial charge in [-0.2, -0.15) is 0 Å². The van der Waals surface area contributed by atoms with Crippen LogP contribution in [0.1, 0.15) is 322 Å². The summed E-state index contributed by atoms with van der Waals surface area (Å²) in [6, 6.07) is -0.631. The van der Waals surface area contributed by atoms with Crippen LogP contribution < -0.4 is 5.32 Å². The van der Waals surface area contributed by atoms with Crippen LogP contribution >= 0.6 is 0 Å². The van der Waals surface area contributed by atoms with E-state index < -0.39 is 12.1 Å². The highest BCUT2D eigenvalue weighted by molar-refractivity contribution is 5.76. The Hall–Kier alpha value is -1.92. The van der Waals surface area contributed by atoms with E-state index in [0.717, 1.165) is 44.9 Å². The topological polar surface area (TPSA) is 95.9 Å². The maximum Gasteiger partial charge on any atom is 0.305 e. The molecule has 0 aromatic heterocycles. The van der Waals surface area contributed by atoms with Crippen molar-refractivity contribution >= 4 is 11.9 Å². The van der Waals surface area contributed by atoms with E-state index in [2.05, 4.69) is 43.5 Å². The molecule has 2 unspecified atom stereocenters. The molecular formula is C62H117NO5. The number of aliphatic hydroxyl groups excluding tert-OH is 2. The standard InChI is InChI=1S/C62H117NO5/c1-3-5-7-9-11-13-15-17-32-36-40-44-48-52-56-62(67)68-57-53-49-45-41-37-33-30-28-26-24-22-20-18-19-21-23-25-27-29-31-35-39-43-47-51-55-61(66)63-59(58-64)60(65)54-50-46-42-38-34-16-14-12-10-8-6-4-2/h19-22,50,54,59-60,64-65H,3-18,23-49,51-53,55-58H2,1-2H3,(H,63,66)/b21-19-,22-20-,54-50+. The van der Waals surface area contributed by atoms with Gasteiger partial charge in [0.05, 0.1) is 25.4 Å². The van der Waals surface area contributed by atoms with Gasteiger partial charge >= 0.3 is 5.97 Å². The molecule has 0 aliphatic heterocycles. The quantitative estimate of drug-likeness (QED) is 0.0321. The predicted molar refractivity (Wildman–Crippen MR) is 296 cm³/mol. The van der Waals surface area contributed by atoms with Crippen molar-refractivity contribution in [3.05, 3.63) is 36.5 Å². The second kappa shape index (κ2) is 57.7. The molecule has 400 valence electrons. The summed E-state index contributed by atoms with van der Waals surface area (Å²) in [5.41, 5.74) is 0. The number of unbranched alkanes of at least 4 members (excludes halogenated alkanes) is 41. The predicted octanol–water partition coefficient (Wildman–Crippen LogP) is 18.8. The van der Waals surface area contributed by atoms with Gasteiger partial charge in [0.1, 0.15) is 0 Å². The second-order valence-electron chi connectivity index (χ2n) is 20.7. The fourth-order valence-corrected chi connectivity index (χ4v) is 9.25. The molecule has 0 bridgehead atoms. The smallest absolute Gasteiger partial charge is 0.305 e. The molecule has 2 atom stereocenters. The van der Waals surface area contributed by atoms with Crippen LogP contribution in [0.3, 0.4) is 0 Å². The van der Waals surface area contributed by atoms with Crippen LogP contribution in [0.5, 0.6) is 0 Å². The fraction of sp³-hybridized carbons (Fsp3) is 0.871. The first-order valence-corrected chi connectivity index (χ1v) is 30.3. The van der Waals surface area contributed by atoms with Gasteiger partial charge in [-0.25, -0.2) is 0 Å². The molecule has 0 saturated carbocycles. The van der Waals surface area contributed by atoms with Crippen molar-refractivity contribution in [2.24, 2.45) is 0 Å². The maximum absolute atomic E-state index is 12.4. The first-order valence-electron chi connectivity index (χ1n) is 30.3. The van der Waals surface area contributed by atoms with Crippen molar-refractivity contribution in [2.45, 2.75) is 334 Å². The minimum atomic E-state index is -0.847. The van der Waals surface area contributed by atoms with Crippen molar-refractivity contribution in [1.82, 2.24) is 5.32 Å². The fourth-order valence-electron chi connectivity index (χ4n) is 9.25. The molecular weight excluding hydrogens is 839 g/mol. The molecule has 68 heavy (non-hydrogen) atoms. The summed E-state index contributed by atoms with van der Waals surface area (Å²) in [5.74, 6) is -0.0639. The Kier molecular flexibility index (Phi) is 56.0. The minimum absolute atomic E-state index is 0.0106. The Morgan fingerprint density at radius 1 is 0.412 bits per heavy atom. The summed E-state index contributed by atoms with van der Waals surface area (Å²) >= 11 is 0. The Morgan fingerprint density at radius 3 is 1.12 bits per heavy atom. The van der Waals surface area contributed by atoms with E-state index in [0.29, 0.717) is 19.4 Å². The van der Waals surface area contributed by atoms with Crippen LogP contribution in [-0.2, 0) is 14.3 Å². The summed E-state index contributed by atoms with van der Waals surface area (Å²) in [6.07, 6.45) is 71.8. The number of allylic oxidation sites excluding steroid dienone is 5. The van der Waals surface area contributed by atoms with Gasteiger partial charge in [0.2, 0.25) is 5.91 Å². The molecule has 0 radical (unpaired) electrons. The van der Waals surface area contributed by atoms with Gasteiger partial charge in [0.25, 0.3) is 0 Å². The van der Waals surface area contributed by atoms with Gasteiger partial charge in [-0.1, -0.05) is 281 Å². The Morgan fingerprint density at radius 2 is 0.735 bits per heavy atom. The third-order valence-corrected chi connectivity index (χ3v) is 13.9. The number of hydrogen-bond donors (Lipinski definition) is 3. The van der Waals surface area contributed by atoms with Gasteiger partial charge in [-0.15, -0.1) is 0 Å². The molecule has 0 fully saturated rings. The molecule has 1 amide bonds. The van der Waals surface area contributed by atoms with Crippen molar-refractivity contribution in [2.75, 3.05) is 13.2 Å². The number of hydrogen-bond acceptors (Lipinski definition) is 5. The van der Waals surface area contributed by atoms with E-state index >= 15 is 0 Å². The van der Waals surface area contributed by atoms with Gasteiger partial charge < -0.3 is 20.3 Å². The van der Waals surface area contributed by atoms with Gasteiger partial charge in [0.15, 0.2) is 0 Å². The van der Waals surface area contributed by atoms with E-state index in [9.17, 15) is 19.8 Å². The third kappa shape index (κ3) is 53.4. The molecule has 0 aliphatic carbocycles. The molecule has 0 aromatic rings. The average molecular weight is 957 g/mol. The van der Waals surface area contributed by atoms with Crippen LogP contribution in [-0.4, -0.2) is 47.4 Å². The monoisotopic (exact) mass is 956 g/mol. The normalized spacial score (nSPS) is 12.8. The van der Waals surface area contributed by atoms with E-state index in [1.54, 1.807) is 6.08 Å². The molecule has 0 aliphatic rings. The van der Waals surface area contributed by atoms with Crippen molar-refractivity contribution < 1.29 is 24.5 Å². The number of amides is 1. The number of nitrogens with one attached hydrogen (secondary N) is 1. The number of esters is 1. The Balaban J connectivity index is 3.44. The SMILES string of the molecule is CCCCCCCCCCCC/C=C/C(O)C(CO)NC(=O)CCCCCCCCCCC/C=C\C/C=C\CCCCCCCCCCCOC(=O)CCCCCCCCCCCCCCCC. The lowest BCUT2D eigenvalue weighted by molar-refractivity contribution is -0.143. The molecule has 0 rings (SSSR count). The molecule has 0 aromatic carbocycles. The number of rotatable bonds is 56. The third-order valence-electron chi connectivity index (χ3n) is 13.9. The molecule has 6 heteroatoms. The molecule has 0 saturated heterocycles. The van der Waals surface area contributed by atoms with E-state index in [1.807, 2.05) is 6.08 Å². The lowest BCUT2D eigenvalue weighted by atomic mass is 10.0. The van der Waals surface area contributed by atoms with Gasteiger partial charge in [-0.05, 0) is 64.2 Å². The minimum Gasteiger partial charge on any atom is -0.466 e. The van der Waals surface area contributed by atoms with Crippen LogP contribution in [0, 0.1) is 0 Å². The molecule has 0 spiro atoms. The summed E-state index contributed by atoms with van der Waals surface area (Å²) in [7, 11) is 0. The highest BCUT2D eigenvalue weighted by Gasteiger charge is 2.18. The summed E-state index contributed by atoms with van der Waals surface area (Å²) < 4.78 is 5.48. The summed E-state index contributed by atoms with van der Waals surface area (Å²) in [5, 5.41) is 23.0. The zero-order chi connectivity index (χ0) is 49.3. The maximum atomic E-state index is 12.4. The molecule has 6 nitrogen and oxygen atoms in total. The number of carbonyl (C=O) groups is 2. The van der Waals surface area contributed by atoms with Crippen molar-refractivity contribution in [1.29, 1.82) is 0 Å². The number of aliphatic hydroxyl groups is 2. The lowest BCUT2D eigenvalue weighted by Gasteiger charge is -2.20. The summed E-state index contributed by atoms with van der Waals surface area (Å²) in [6.45, 7) is 4.90. The van der Waals surface area contributed by atoms with Gasteiger partial charge in [-0.3, -0.25) is 9.59 Å². The average Bonchev–Trinajstić information content (AvgIpc) is 3.34. The first-order chi connectivity index (χ1) is 33.5. The van der Waals surface area contributed by atoms with E-state index in [-0.39, 0.29) is 18.5 Å². The zero-order valence-electron chi connectivity index (χ0n) is 45.6. The van der Waals surface area contributed by atoms with Crippen molar-refractivity contribution in [3.8, 4) is 0 Å². The summed E-state index contributed by atoms with van der Waals surface area (Å²) in [4.78, 5) is 24.5. The van der Waals surface area contributed by atoms with Crippen LogP contribution in [0.25, 0.3) is 0 Å². The number of carbonyl (C=O) groups excluding carboxylic acids is 2. The van der Waals surface area contributed by atoms with E-state index in [4.69, 9.17) is 4.74 Å². The van der Waals surface area contributed by atoms with Crippen molar-refractivity contribution in [3.63, 3.8) is 0 Å². The lowest BCUT2D eigenvalue weighted by Crippen LogP contribution is -2.45. The second-order valence-corrected chi connectivity index (χ2v) is 20.7. The first kappa shape index (κ1) is 66.1. The van der Waals surface area contributed by atoms with Gasteiger partial charge in [0, 0.05) is 12.8 Å². The van der Waals surface area contributed by atoms with Crippen LogP contribution in [0.2, 0.25) is 0 Å². The molecule has 0 heterocycles. The Bertz CT molecular complexity index is 1100. The highest BCUT2D eigenvalue weighted by Crippen LogP contribution is 2.17. The highest BCUT2D eigenvalue weighted by atomic mass is 16.5. The largest absolute Gasteiger partial charge is 0.466 e. The Labute approximate surface area is 424 Å².